The van der Waals surface area contributed by atoms with E-state index in [4.69, 9.17) is 0 Å². The van der Waals surface area contributed by atoms with Gasteiger partial charge in [-0.25, -0.2) is 0 Å². The molecule has 2 aliphatic rings. The largest absolute Gasteiger partial charge is 0.391 e. The molecule has 23 heavy (non-hydrogen) atoms. The lowest BCUT2D eigenvalue weighted by atomic mass is 9.80. The summed E-state index contributed by atoms with van der Waals surface area (Å²) in [6.45, 7) is 1.30. The minimum absolute atomic E-state index is 0.0478. The fraction of sp³-hybridized carbons (Fsp3) is 0.941. The van der Waals surface area contributed by atoms with Crippen LogP contribution in [0.5, 0.6) is 0 Å². The van der Waals surface area contributed by atoms with Gasteiger partial charge in [0.05, 0.1) is 5.92 Å². The van der Waals surface area contributed by atoms with E-state index in [-0.39, 0.29) is 18.7 Å². The molecule has 0 bridgehead atoms. The van der Waals surface area contributed by atoms with Crippen LogP contribution in [0, 0.1) is 11.8 Å². The van der Waals surface area contributed by atoms with Crippen LogP contribution in [0.4, 0.5) is 13.2 Å². The SMILES string of the molecule is CN(CCNC(=O)C1CCCC(C(F)(F)F)C1)C1CCCCC1. The maximum Gasteiger partial charge on any atom is 0.391 e. The van der Waals surface area contributed by atoms with Gasteiger partial charge in [0.1, 0.15) is 0 Å². The van der Waals surface area contributed by atoms with Crippen LogP contribution in [-0.2, 0) is 4.79 Å². The maximum absolute atomic E-state index is 12.8. The highest BCUT2D eigenvalue weighted by molar-refractivity contribution is 5.78. The summed E-state index contributed by atoms with van der Waals surface area (Å²) in [5, 5.41) is 2.85. The van der Waals surface area contributed by atoms with Gasteiger partial charge in [0.25, 0.3) is 0 Å². The molecular formula is C17H29F3N2O. The molecule has 0 aromatic heterocycles. The summed E-state index contributed by atoms with van der Waals surface area (Å²) in [4.78, 5) is 14.4. The van der Waals surface area contributed by atoms with Crippen LogP contribution in [0.3, 0.4) is 0 Å². The highest BCUT2D eigenvalue weighted by Crippen LogP contribution is 2.39. The lowest BCUT2D eigenvalue weighted by molar-refractivity contribution is -0.186. The van der Waals surface area contributed by atoms with E-state index in [2.05, 4.69) is 17.3 Å². The Labute approximate surface area is 137 Å². The first-order valence-electron chi connectivity index (χ1n) is 8.92. The van der Waals surface area contributed by atoms with Crippen LogP contribution < -0.4 is 5.32 Å². The Bertz CT molecular complexity index is 381. The number of carbonyl (C=O) groups is 1. The van der Waals surface area contributed by atoms with Gasteiger partial charge < -0.3 is 10.2 Å². The van der Waals surface area contributed by atoms with Crippen molar-refractivity contribution in [2.24, 2.45) is 11.8 Å². The van der Waals surface area contributed by atoms with E-state index in [1.165, 1.54) is 32.1 Å². The Morgan fingerprint density at radius 1 is 1.09 bits per heavy atom. The van der Waals surface area contributed by atoms with Crippen molar-refractivity contribution in [3.8, 4) is 0 Å². The van der Waals surface area contributed by atoms with Gasteiger partial charge in [-0.05, 0) is 39.2 Å². The van der Waals surface area contributed by atoms with Crippen molar-refractivity contribution in [3.63, 3.8) is 0 Å². The van der Waals surface area contributed by atoms with E-state index in [1.807, 2.05) is 0 Å². The van der Waals surface area contributed by atoms with Crippen molar-refractivity contribution in [1.29, 1.82) is 0 Å². The molecule has 0 aromatic rings. The number of nitrogens with zero attached hydrogens (tertiary/aromatic N) is 1. The van der Waals surface area contributed by atoms with E-state index in [0.717, 1.165) is 6.54 Å². The second-order valence-electron chi connectivity index (χ2n) is 7.17. The predicted molar refractivity (Wildman–Crippen MR) is 84.0 cm³/mol. The Kier molecular flexibility index (Phi) is 6.74. The van der Waals surface area contributed by atoms with Crippen LogP contribution in [0.1, 0.15) is 57.8 Å². The van der Waals surface area contributed by atoms with Crippen LogP contribution in [0.2, 0.25) is 0 Å². The van der Waals surface area contributed by atoms with Gasteiger partial charge in [-0.1, -0.05) is 25.7 Å². The third kappa shape index (κ3) is 5.66. The quantitative estimate of drug-likeness (QED) is 0.831. The van der Waals surface area contributed by atoms with Gasteiger partial charge in [0.15, 0.2) is 0 Å². The third-order valence-corrected chi connectivity index (χ3v) is 5.47. The predicted octanol–water partition coefficient (Wildman–Crippen LogP) is 3.74. The monoisotopic (exact) mass is 334 g/mol. The highest BCUT2D eigenvalue weighted by Gasteiger charge is 2.43. The van der Waals surface area contributed by atoms with E-state index < -0.39 is 18.0 Å². The van der Waals surface area contributed by atoms with Crippen molar-refractivity contribution in [1.82, 2.24) is 10.2 Å². The zero-order chi connectivity index (χ0) is 16.9. The second-order valence-corrected chi connectivity index (χ2v) is 7.17. The van der Waals surface area contributed by atoms with E-state index >= 15 is 0 Å². The summed E-state index contributed by atoms with van der Waals surface area (Å²) >= 11 is 0. The first-order chi connectivity index (χ1) is 10.9. The number of alkyl halides is 3. The molecule has 3 nitrogen and oxygen atoms in total. The lowest BCUT2D eigenvalue weighted by Gasteiger charge is -2.32. The Morgan fingerprint density at radius 2 is 1.78 bits per heavy atom. The molecule has 2 aliphatic carbocycles. The van der Waals surface area contributed by atoms with Crippen LogP contribution in [-0.4, -0.2) is 43.2 Å². The fourth-order valence-corrected chi connectivity index (χ4v) is 3.93. The lowest BCUT2D eigenvalue weighted by Crippen LogP contribution is -2.42. The van der Waals surface area contributed by atoms with Crippen LogP contribution in [0.25, 0.3) is 0 Å². The molecule has 134 valence electrons. The summed E-state index contributed by atoms with van der Waals surface area (Å²) in [5.74, 6) is -1.98. The fourth-order valence-electron chi connectivity index (χ4n) is 3.93. The van der Waals surface area contributed by atoms with Crippen molar-refractivity contribution in [3.05, 3.63) is 0 Å². The average molecular weight is 334 g/mol. The first kappa shape index (κ1) is 18.6. The molecule has 0 saturated heterocycles. The van der Waals surface area contributed by atoms with Gasteiger partial charge in [0, 0.05) is 25.0 Å². The first-order valence-corrected chi connectivity index (χ1v) is 8.92. The summed E-state index contributed by atoms with van der Waals surface area (Å²) in [6, 6.07) is 0.588. The smallest absolute Gasteiger partial charge is 0.355 e. The number of nitrogens with one attached hydrogen (secondary N) is 1. The van der Waals surface area contributed by atoms with Gasteiger partial charge in [-0.2, -0.15) is 13.2 Å². The number of likely N-dealkylation sites (N-methyl/N-ethyl adjacent to an activating group) is 1. The van der Waals surface area contributed by atoms with E-state index in [0.29, 0.717) is 25.4 Å². The number of carbonyl (C=O) groups excluding carboxylic acids is 1. The number of amides is 1. The molecular weight excluding hydrogens is 305 g/mol. The number of hydrogen-bond donors (Lipinski definition) is 1. The molecule has 2 atom stereocenters. The van der Waals surface area contributed by atoms with Crippen LogP contribution >= 0.6 is 0 Å². The van der Waals surface area contributed by atoms with Gasteiger partial charge in [-0.15, -0.1) is 0 Å². The van der Waals surface area contributed by atoms with Gasteiger partial charge in [-0.3, -0.25) is 4.79 Å². The third-order valence-electron chi connectivity index (χ3n) is 5.47. The molecule has 0 aromatic carbocycles. The van der Waals surface area contributed by atoms with Crippen molar-refractivity contribution in [2.45, 2.75) is 70.0 Å². The average Bonchev–Trinajstić information content (AvgIpc) is 2.54. The van der Waals surface area contributed by atoms with E-state index in [1.54, 1.807) is 0 Å². The summed E-state index contributed by atoms with van der Waals surface area (Å²) < 4.78 is 38.4. The highest BCUT2D eigenvalue weighted by atomic mass is 19.4. The number of hydrogen-bond acceptors (Lipinski definition) is 2. The molecule has 1 N–H and O–H groups in total. The Balaban J connectivity index is 1.69. The van der Waals surface area contributed by atoms with Crippen molar-refractivity contribution >= 4 is 5.91 Å². The minimum atomic E-state index is -4.17. The zero-order valence-electron chi connectivity index (χ0n) is 14.0. The molecule has 6 heteroatoms. The Hall–Kier alpha value is -0.780. The standard InChI is InChI=1S/C17H29F3N2O/c1-22(15-8-3-2-4-9-15)11-10-21-16(23)13-6-5-7-14(12-13)17(18,19)20/h13-15H,2-12H2,1H3,(H,21,23). The Morgan fingerprint density at radius 3 is 2.43 bits per heavy atom. The normalized spacial score (nSPS) is 27.2. The number of rotatable bonds is 5. The molecule has 0 aliphatic heterocycles. The van der Waals surface area contributed by atoms with Crippen molar-refractivity contribution < 1.29 is 18.0 Å². The molecule has 2 saturated carbocycles. The summed E-state index contributed by atoms with van der Waals surface area (Å²) in [7, 11) is 2.07. The molecule has 1 amide bonds. The second kappa shape index (κ2) is 8.36. The molecule has 0 spiro atoms. The van der Waals surface area contributed by atoms with Gasteiger partial charge >= 0.3 is 6.18 Å². The molecule has 2 rings (SSSR count). The van der Waals surface area contributed by atoms with Crippen LogP contribution in [0.15, 0.2) is 0 Å². The minimum Gasteiger partial charge on any atom is -0.355 e. The van der Waals surface area contributed by atoms with E-state index in [9.17, 15) is 18.0 Å². The molecule has 2 unspecified atom stereocenters. The summed E-state index contributed by atoms with van der Waals surface area (Å²) in [6.07, 6.45) is 3.28. The molecule has 2 fully saturated rings. The molecule has 0 heterocycles. The van der Waals surface area contributed by atoms with Gasteiger partial charge in [0.2, 0.25) is 5.91 Å². The molecule has 0 radical (unpaired) electrons. The van der Waals surface area contributed by atoms with Crippen molar-refractivity contribution in [2.75, 3.05) is 20.1 Å². The topological polar surface area (TPSA) is 32.3 Å². The maximum atomic E-state index is 12.8. The zero-order valence-corrected chi connectivity index (χ0v) is 14.0. The summed E-state index contributed by atoms with van der Waals surface area (Å²) in [5.41, 5.74) is 0. The number of halogens is 3.